The van der Waals surface area contributed by atoms with Crippen LogP contribution in [-0.4, -0.2) is 30.3 Å². The van der Waals surface area contributed by atoms with Gasteiger partial charge in [-0.2, -0.15) is 4.31 Å². The third-order valence-electron chi connectivity index (χ3n) is 3.00. The lowest BCUT2D eigenvalue weighted by molar-refractivity contribution is 0.341. The fourth-order valence-electron chi connectivity index (χ4n) is 1.73. The normalized spacial score (nSPS) is 13.8. The first-order chi connectivity index (χ1) is 8.47. The Kier molecular flexibility index (Phi) is 5.25. The molecule has 102 valence electrons. The molecule has 0 aliphatic carbocycles. The standard InChI is InChI=1S/C12H21N3O2S/c1-4-10(3)15(5-2)18(16,17)12-7-6-11(8-13)9-14-12/h6-7,9-10H,4-5,8,13H2,1-3H3. The van der Waals surface area contributed by atoms with Crippen LogP contribution < -0.4 is 5.73 Å². The molecule has 0 saturated heterocycles. The van der Waals surface area contributed by atoms with Crippen molar-refractivity contribution >= 4 is 10.0 Å². The highest BCUT2D eigenvalue weighted by atomic mass is 32.2. The van der Waals surface area contributed by atoms with Crippen LogP contribution in [-0.2, 0) is 16.6 Å². The summed E-state index contributed by atoms with van der Waals surface area (Å²) in [5.74, 6) is 0. The molecule has 1 aromatic heterocycles. The van der Waals surface area contributed by atoms with Gasteiger partial charge in [0.25, 0.3) is 10.0 Å². The predicted molar refractivity (Wildman–Crippen MR) is 71.4 cm³/mol. The molecule has 0 aliphatic heterocycles. The van der Waals surface area contributed by atoms with Crippen molar-refractivity contribution in [1.82, 2.24) is 9.29 Å². The second-order valence-electron chi connectivity index (χ2n) is 4.17. The van der Waals surface area contributed by atoms with Crippen LogP contribution in [0.15, 0.2) is 23.4 Å². The summed E-state index contributed by atoms with van der Waals surface area (Å²) in [5, 5.41) is 0.0850. The zero-order valence-electron chi connectivity index (χ0n) is 11.1. The maximum Gasteiger partial charge on any atom is 0.260 e. The first-order valence-electron chi connectivity index (χ1n) is 6.14. The zero-order valence-corrected chi connectivity index (χ0v) is 11.9. The minimum absolute atomic E-state index is 0.0315. The van der Waals surface area contributed by atoms with Crippen LogP contribution in [0.1, 0.15) is 32.8 Å². The van der Waals surface area contributed by atoms with E-state index >= 15 is 0 Å². The van der Waals surface area contributed by atoms with E-state index in [0.29, 0.717) is 13.1 Å². The molecule has 6 heteroatoms. The van der Waals surface area contributed by atoms with Crippen LogP contribution in [0.5, 0.6) is 0 Å². The molecule has 1 atom stereocenters. The van der Waals surface area contributed by atoms with Crippen LogP contribution in [0.4, 0.5) is 0 Å². The lowest BCUT2D eigenvalue weighted by Crippen LogP contribution is -2.38. The molecule has 1 unspecified atom stereocenters. The Morgan fingerprint density at radius 2 is 2.06 bits per heavy atom. The monoisotopic (exact) mass is 271 g/mol. The summed E-state index contributed by atoms with van der Waals surface area (Å²) in [6.45, 7) is 6.49. The SMILES string of the molecule is CCC(C)N(CC)S(=O)(=O)c1ccc(CN)cn1. The fourth-order valence-corrected chi connectivity index (χ4v) is 3.36. The molecule has 0 fully saturated rings. The van der Waals surface area contributed by atoms with Crippen LogP contribution in [0.2, 0.25) is 0 Å². The molecule has 2 N–H and O–H groups in total. The van der Waals surface area contributed by atoms with Gasteiger partial charge in [-0.1, -0.05) is 19.9 Å². The van der Waals surface area contributed by atoms with E-state index in [9.17, 15) is 8.42 Å². The second-order valence-corrected chi connectivity index (χ2v) is 6.01. The molecular formula is C12H21N3O2S. The Bertz CT molecular complexity index is 471. The number of hydrogen-bond acceptors (Lipinski definition) is 4. The minimum Gasteiger partial charge on any atom is -0.326 e. The van der Waals surface area contributed by atoms with Crippen molar-refractivity contribution in [3.63, 3.8) is 0 Å². The predicted octanol–water partition coefficient (Wildman–Crippen LogP) is 1.35. The van der Waals surface area contributed by atoms with Crippen molar-refractivity contribution in [2.75, 3.05) is 6.54 Å². The van der Waals surface area contributed by atoms with Gasteiger partial charge in [0.05, 0.1) is 0 Å². The van der Waals surface area contributed by atoms with Gasteiger partial charge < -0.3 is 5.73 Å². The molecule has 0 radical (unpaired) electrons. The van der Waals surface area contributed by atoms with Gasteiger partial charge in [-0.05, 0) is 25.0 Å². The molecule has 0 amide bonds. The Morgan fingerprint density at radius 1 is 1.39 bits per heavy atom. The third kappa shape index (κ3) is 3.07. The third-order valence-corrected chi connectivity index (χ3v) is 5.01. The summed E-state index contributed by atoms with van der Waals surface area (Å²) in [4.78, 5) is 4.00. The number of nitrogens with zero attached hydrogens (tertiary/aromatic N) is 2. The smallest absolute Gasteiger partial charge is 0.260 e. The Labute approximate surface area is 109 Å². The molecule has 0 aromatic carbocycles. The van der Waals surface area contributed by atoms with Gasteiger partial charge in [-0.25, -0.2) is 13.4 Å². The summed E-state index contributed by atoms with van der Waals surface area (Å²) >= 11 is 0. The van der Waals surface area contributed by atoms with E-state index in [1.807, 2.05) is 20.8 Å². The van der Waals surface area contributed by atoms with Crippen molar-refractivity contribution in [1.29, 1.82) is 0 Å². The second kappa shape index (κ2) is 6.26. The van der Waals surface area contributed by atoms with Crippen molar-refractivity contribution in [3.8, 4) is 0 Å². The van der Waals surface area contributed by atoms with Crippen LogP contribution >= 0.6 is 0 Å². The average Bonchev–Trinajstić information content (AvgIpc) is 2.39. The summed E-state index contributed by atoms with van der Waals surface area (Å²) in [6, 6.07) is 3.18. The molecular weight excluding hydrogens is 250 g/mol. The van der Waals surface area contributed by atoms with E-state index in [4.69, 9.17) is 5.73 Å². The Morgan fingerprint density at radius 3 is 2.44 bits per heavy atom. The highest BCUT2D eigenvalue weighted by Crippen LogP contribution is 2.17. The molecule has 0 spiro atoms. The molecule has 0 bridgehead atoms. The van der Waals surface area contributed by atoms with Gasteiger partial charge in [-0.3, -0.25) is 0 Å². The highest BCUT2D eigenvalue weighted by molar-refractivity contribution is 7.89. The van der Waals surface area contributed by atoms with Crippen molar-refractivity contribution in [3.05, 3.63) is 23.9 Å². The van der Waals surface area contributed by atoms with E-state index in [1.54, 1.807) is 6.07 Å². The summed E-state index contributed by atoms with van der Waals surface area (Å²) in [6.07, 6.45) is 2.28. The molecule has 0 saturated carbocycles. The highest BCUT2D eigenvalue weighted by Gasteiger charge is 2.27. The Hall–Kier alpha value is -0.980. The fraction of sp³-hybridized carbons (Fsp3) is 0.583. The quantitative estimate of drug-likeness (QED) is 0.847. The first-order valence-corrected chi connectivity index (χ1v) is 7.58. The molecule has 5 nitrogen and oxygen atoms in total. The van der Waals surface area contributed by atoms with E-state index < -0.39 is 10.0 Å². The number of aromatic nitrogens is 1. The maximum atomic E-state index is 12.4. The van der Waals surface area contributed by atoms with Crippen LogP contribution in [0.25, 0.3) is 0 Å². The molecule has 18 heavy (non-hydrogen) atoms. The first kappa shape index (κ1) is 15.1. The van der Waals surface area contributed by atoms with Crippen LogP contribution in [0.3, 0.4) is 0 Å². The van der Waals surface area contributed by atoms with Gasteiger partial charge in [0.2, 0.25) is 0 Å². The van der Waals surface area contributed by atoms with Crippen LogP contribution in [0, 0.1) is 0 Å². The van der Waals surface area contributed by atoms with Gasteiger partial charge in [0, 0.05) is 25.3 Å². The number of nitrogens with two attached hydrogens (primary N) is 1. The van der Waals surface area contributed by atoms with E-state index in [2.05, 4.69) is 4.98 Å². The average molecular weight is 271 g/mol. The van der Waals surface area contributed by atoms with E-state index in [-0.39, 0.29) is 11.1 Å². The number of sulfonamides is 1. The maximum absolute atomic E-state index is 12.4. The van der Waals surface area contributed by atoms with Gasteiger partial charge >= 0.3 is 0 Å². The van der Waals surface area contributed by atoms with Crippen molar-refractivity contribution in [2.45, 2.75) is 44.8 Å². The molecule has 1 rings (SSSR count). The summed E-state index contributed by atoms with van der Waals surface area (Å²) in [7, 11) is -3.51. The molecule has 1 aromatic rings. The lowest BCUT2D eigenvalue weighted by Gasteiger charge is -2.25. The Balaban J connectivity index is 3.10. The molecule has 1 heterocycles. The van der Waals surface area contributed by atoms with Gasteiger partial charge in [0.15, 0.2) is 5.03 Å². The van der Waals surface area contributed by atoms with Gasteiger partial charge in [0.1, 0.15) is 0 Å². The molecule has 0 aliphatic rings. The summed E-state index contributed by atoms with van der Waals surface area (Å²) < 4.78 is 26.3. The number of pyridine rings is 1. The lowest BCUT2D eigenvalue weighted by atomic mass is 10.3. The topological polar surface area (TPSA) is 76.3 Å². The minimum atomic E-state index is -3.51. The van der Waals surface area contributed by atoms with E-state index in [0.717, 1.165) is 12.0 Å². The van der Waals surface area contributed by atoms with Gasteiger partial charge in [-0.15, -0.1) is 0 Å². The largest absolute Gasteiger partial charge is 0.326 e. The zero-order chi connectivity index (χ0) is 13.8. The van der Waals surface area contributed by atoms with Crippen molar-refractivity contribution in [2.24, 2.45) is 5.73 Å². The number of rotatable bonds is 6. The van der Waals surface area contributed by atoms with E-state index in [1.165, 1.54) is 16.6 Å². The summed E-state index contributed by atoms with van der Waals surface area (Å²) in [5.41, 5.74) is 6.28. The van der Waals surface area contributed by atoms with Crippen molar-refractivity contribution < 1.29 is 8.42 Å². The number of hydrogen-bond donors (Lipinski definition) is 1.